The molecule has 0 saturated heterocycles. The van der Waals surface area contributed by atoms with Crippen molar-refractivity contribution in [3.8, 4) is 5.75 Å². The summed E-state index contributed by atoms with van der Waals surface area (Å²) < 4.78 is 0. The van der Waals surface area contributed by atoms with Crippen LogP contribution < -0.4 is 5.32 Å². The van der Waals surface area contributed by atoms with Crippen molar-refractivity contribution < 1.29 is 10.2 Å². The lowest BCUT2D eigenvalue weighted by atomic mass is 9.81. The van der Waals surface area contributed by atoms with E-state index in [0.717, 1.165) is 6.42 Å². The second-order valence-electron chi connectivity index (χ2n) is 5.59. The highest BCUT2D eigenvalue weighted by atomic mass is 16.3. The number of rotatable bonds is 5. The average Bonchev–Trinajstić information content (AvgIpc) is 2.46. The molecule has 1 unspecified atom stereocenters. The van der Waals surface area contributed by atoms with Crippen molar-refractivity contribution >= 4 is 0 Å². The van der Waals surface area contributed by atoms with Gasteiger partial charge in [0.05, 0.1) is 6.61 Å². The van der Waals surface area contributed by atoms with E-state index in [1.54, 1.807) is 12.1 Å². The van der Waals surface area contributed by atoms with E-state index in [1.807, 2.05) is 12.1 Å². The summed E-state index contributed by atoms with van der Waals surface area (Å²) in [5, 5.41) is 22.1. The van der Waals surface area contributed by atoms with Crippen molar-refractivity contribution in [1.29, 1.82) is 0 Å². The van der Waals surface area contributed by atoms with Gasteiger partial charge in [-0.25, -0.2) is 0 Å². The van der Waals surface area contributed by atoms with Gasteiger partial charge in [-0.1, -0.05) is 19.1 Å². The van der Waals surface area contributed by atoms with E-state index in [4.69, 9.17) is 0 Å². The van der Waals surface area contributed by atoms with Crippen LogP contribution in [0.5, 0.6) is 5.75 Å². The first-order chi connectivity index (χ1) is 9.22. The summed E-state index contributed by atoms with van der Waals surface area (Å²) in [6.07, 6.45) is 5.69. The molecule has 106 valence electrons. The molecule has 3 heteroatoms. The van der Waals surface area contributed by atoms with Gasteiger partial charge in [0, 0.05) is 12.1 Å². The van der Waals surface area contributed by atoms with Gasteiger partial charge in [-0.15, -0.1) is 0 Å². The first-order valence-electron chi connectivity index (χ1n) is 7.38. The summed E-state index contributed by atoms with van der Waals surface area (Å²) in [4.78, 5) is 0. The zero-order valence-corrected chi connectivity index (χ0v) is 11.7. The average molecular weight is 263 g/mol. The van der Waals surface area contributed by atoms with E-state index in [2.05, 4.69) is 12.2 Å². The van der Waals surface area contributed by atoms with Crippen LogP contribution in [-0.4, -0.2) is 28.9 Å². The predicted octanol–water partition coefficient (Wildman–Crippen LogP) is 2.78. The van der Waals surface area contributed by atoms with Gasteiger partial charge in [0.15, 0.2) is 0 Å². The highest BCUT2D eigenvalue weighted by Crippen LogP contribution is 2.33. The van der Waals surface area contributed by atoms with Crippen molar-refractivity contribution in [2.75, 3.05) is 6.61 Å². The van der Waals surface area contributed by atoms with Gasteiger partial charge in [-0.2, -0.15) is 0 Å². The van der Waals surface area contributed by atoms with Crippen LogP contribution >= 0.6 is 0 Å². The second-order valence-corrected chi connectivity index (χ2v) is 5.59. The van der Waals surface area contributed by atoms with Crippen LogP contribution in [0.2, 0.25) is 0 Å². The molecule has 0 spiro atoms. The second kappa shape index (κ2) is 6.92. The molecule has 1 aromatic rings. The van der Waals surface area contributed by atoms with Crippen LogP contribution in [0.3, 0.4) is 0 Å². The summed E-state index contributed by atoms with van der Waals surface area (Å²) in [5.41, 5.74) is 1.34. The number of phenolic OH excluding ortho intramolecular Hbond substituents is 1. The fourth-order valence-electron chi connectivity index (χ4n) is 2.97. The Bertz CT molecular complexity index is 365. The molecular weight excluding hydrogens is 238 g/mol. The van der Waals surface area contributed by atoms with Gasteiger partial charge in [0.2, 0.25) is 0 Å². The third kappa shape index (κ3) is 3.95. The van der Waals surface area contributed by atoms with Crippen molar-refractivity contribution in [1.82, 2.24) is 5.32 Å². The standard InChI is InChI=1S/C16H25NO2/c1-2-14(11-18)17-15-7-3-12(4-8-15)13-5-9-16(19)10-6-13/h5-6,9-10,12,14-15,17-19H,2-4,7-8,11H2,1H3. The zero-order chi connectivity index (χ0) is 13.7. The van der Waals surface area contributed by atoms with Gasteiger partial charge in [0.25, 0.3) is 0 Å². The Hall–Kier alpha value is -1.06. The number of aromatic hydroxyl groups is 1. The van der Waals surface area contributed by atoms with E-state index >= 15 is 0 Å². The normalized spacial score (nSPS) is 25.2. The highest BCUT2D eigenvalue weighted by molar-refractivity contribution is 5.28. The molecule has 3 N–H and O–H groups in total. The third-order valence-corrected chi connectivity index (χ3v) is 4.28. The van der Waals surface area contributed by atoms with Crippen LogP contribution in [0.15, 0.2) is 24.3 Å². The Morgan fingerprint density at radius 3 is 2.32 bits per heavy atom. The Morgan fingerprint density at radius 1 is 1.16 bits per heavy atom. The molecule has 1 aliphatic carbocycles. The van der Waals surface area contributed by atoms with E-state index in [0.29, 0.717) is 17.7 Å². The maximum atomic E-state index is 9.32. The number of nitrogens with one attached hydrogen (secondary N) is 1. The minimum Gasteiger partial charge on any atom is -0.508 e. The number of phenols is 1. The van der Waals surface area contributed by atoms with Crippen molar-refractivity contribution in [3.63, 3.8) is 0 Å². The van der Waals surface area contributed by atoms with Gasteiger partial charge in [-0.3, -0.25) is 0 Å². The lowest BCUT2D eigenvalue weighted by Gasteiger charge is -2.31. The van der Waals surface area contributed by atoms with Gasteiger partial charge in [-0.05, 0) is 55.7 Å². The van der Waals surface area contributed by atoms with E-state index < -0.39 is 0 Å². The number of aliphatic hydroxyl groups excluding tert-OH is 1. The maximum Gasteiger partial charge on any atom is 0.115 e. The van der Waals surface area contributed by atoms with E-state index in [-0.39, 0.29) is 12.6 Å². The molecule has 1 saturated carbocycles. The van der Waals surface area contributed by atoms with Crippen molar-refractivity contribution in [3.05, 3.63) is 29.8 Å². The maximum absolute atomic E-state index is 9.32. The molecule has 0 radical (unpaired) electrons. The molecule has 3 nitrogen and oxygen atoms in total. The quantitative estimate of drug-likeness (QED) is 0.765. The monoisotopic (exact) mass is 263 g/mol. The molecule has 1 aliphatic rings. The number of hydrogen-bond donors (Lipinski definition) is 3. The third-order valence-electron chi connectivity index (χ3n) is 4.28. The molecule has 1 fully saturated rings. The summed E-state index contributed by atoms with van der Waals surface area (Å²) in [6, 6.07) is 8.42. The molecule has 1 atom stereocenters. The fraction of sp³-hybridized carbons (Fsp3) is 0.625. The molecule has 0 heterocycles. The molecule has 1 aromatic carbocycles. The predicted molar refractivity (Wildman–Crippen MR) is 77.4 cm³/mol. The topological polar surface area (TPSA) is 52.5 Å². The largest absolute Gasteiger partial charge is 0.508 e. The smallest absolute Gasteiger partial charge is 0.115 e. The Kier molecular flexibility index (Phi) is 5.23. The fourth-order valence-corrected chi connectivity index (χ4v) is 2.97. The molecule has 0 aromatic heterocycles. The lowest BCUT2D eigenvalue weighted by Crippen LogP contribution is -2.41. The molecule has 2 rings (SSSR count). The summed E-state index contributed by atoms with van der Waals surface area (Å²) >= 11 is 0. The van der Waals surface area contributed by atoms with Gasteiger partial charge < -0.3 is 15.5 Å². The minimum atomic E-state index is 0.231. The van der Waals surface area contributed by atoms with Crippen LogP contribution in [0, 0.1) is 0 Å². The van der Waals surface area contributed by atoms with E-state index in [1.165, 1.54) is 31.2 Å². The Morgan fingerprint density at radius 2 is 1.79 bits per heavy atom. The summed E-state index contributed by atoms with van der Waals surface area (Å²) in [5.74, 6) is 0.959. The molecule has 0 amide bonds. The molecule has 19 heavy (non-hydrogen) atoms. The number of hydrogen-bond acceptors (Lipinski definition) is 3. The van der Waals surface area contributed by atoms with Crippen LogP contribution in [0.1, 0.15) is 50.5 Å². The number of benzene rings is 1. The number of aliphatic hydroxyl groups is 1. The molecule has 0 aliphatic heterocycles. The molecule has 0 bridgehead atoms. The van der Waals surface area contributed by atoms with Crippen molar-refractivity contribution in [2.45, 2.75) is 57.0 Å². The van der Waals surface area contributed by atoms with Gasteiger partial charge >= 0.3 is 0 Å². The van der Waals surface area contributed by atoms with Gasteiger partial charge in [0.1, 0.15) is 5.75 Å². The minimum absolute atomic E-state index is 0.231. The van der Waals surface area contributed by atoms with Crippen LogP contribution in [0.4, 0.5) is 0 Å². The Labute approximate surface area is 115 Å². The highest BCUT2D eigenvalue weighted by Gasteiger charge is 2.23. The lowest BCUT2D eigenvalue weighted by molar-refractivity contribution is 0.212. The van der Waals surface area contributed by atoms with Crippen LogP contribution in [0.25, 0.3) is 0 Å². The summed E-state index contributed by atoms with van der Waals surface area (Å²) in [7, 11) is 0. The first kappa shape index (κ1) is 14.4. The van der Waals surface area contributed by atoms with E-state index in [9.17, 15) is 10.2 Å². The SMILES string of the molecule is CCC(CO)NC1CCC(c2ccc(O)cc2)CC1. The summed E-state index contributed by atoms with van der Waals surface area (Å²) in [6.45, 7) is 2.34. The van der Waals surface area contributed by atoms with Crippen LogP contribution in [-0.2, 0) is 0 Å². The Balaban J connectivity index is 1.83. The zero-order valence-electron chi connectivity index (χ0n) is 11.7. The first-order valence-corrected chi connectivity index (χ1v) is 7.38. The van der Waals surface area contributed by atoms with Crippen molar-refractivity contribution in [2.24, 2.45) is 0 Å². The molecular formula is C16H25NO2.